The first-order chi connectivity index (χ1) is 7.77. The molecule has 0 spiro atoms. The van der Waals surface area contributed by atoms with Crippen molar-refractivity contribution in [2.24, 2.45) is 0 Å². The first kappa shape index (κ1) is 13.5. The fourth-order valence-electron chi connectivity index (χ4n) is 1.34. The van der Waals surface area contributed by atoms with E-state index in [9.17, 15) is 8.42 Å². The van der Waals surface area contributed by atoms with Crippen molar-refractivity contribution in [2.75, 3.05) is 0 Å². The van der Waals surface area contributed by atoms with Crippen molar-refractivity contribution in [1.82, 2.24) is 0 Å². The molecule has 0 unspecified atom stereocenters. The van der Waals surface area contributed by atoms with Gasteiger partial charge in [0.1, 0.15) is 0 Å². The number of rotatable bonds is 2. The molecule has 90 valence electrons. The average Bonchev–Trinajstić information content (AvgIpc) is 2.25. The maximum Gasteiger partial charge on any atom is 0.200 e. The molecule has 0 saturated heterocycles. The topological polar surface area (TPSA) is 57.9 Å². The van der Waals surface area contributed by atoms with Gasteiger partial charge in [-0.3, -0.25) is 0 Å². The molecule has 0 aromatic heterocycles. The zero-order chi connectivity index (χ0) is 13.1. The largest absolute Gasteiger partial charge is 0.219 e. The van der Waals surface area contributed by atoms with Crippen molar-refractivity contribution in [2.45, 2.75) is 31.1 Å². The Morgan fingerprint density at radius 2 is 1.71 bits per heavy atom. The summed E-state index contributed by atoms with van der Waals surface area (Å²) in [5.41, 5.74) is 1.06. The van der Waals surface area contributed by atoms with Gasteiger partial charge in [-0.05, 0) is 23.1 Å². The maximum absolute atomic E-state index is 11.7. The lowest BCUT2D eigenvalue weighted by atomic mass is 9.87. The summed E-state index contributed by atoms with van der Waals surface area (Å²) in [5, 5.41) is 9.24. The highest BCUT2D eigenvalue weighted by atomic mass is 32.2. The van der Waals surface area contributed by atoms with E-state index in [0.29, 0.717) is 0 Å². The lowest BCUT2D eigenvalue weighted by Gasteiger charge is -2.18. The summed E-state index contributed by atoms with van der Waals surface area (Å²) < 4.78 is 23.4. The van der Waals surface area contributed by atoms with E-state index in [1.807, 2.05) is 0 Å². The van der Waals surface area contributed by atoms with Crippen molar-refractivity contribution in [1.29, 1.82) is 5.26 Å². The van der Waals surface area contributed by atoms with Gasteiger partial charge >= 0.3 is 0 Å². The fourth-order valence-corrected chi connectivity index (χ4v) is 2.26. The van der Waals surface area contributed by atoms with E-state index in [0.717, 1.165) is 17.0 Å². The Morgan fingerprint density at radius 1 is 1.18 bits per heavy atom. The minimum absolute atomic E-state index is 0.00914. The quantitative estimate of drug-likeness (QED) is 0.757. The summed E-state index contributed by atoms with van der Waals surface area (Å²) in [4.78, 5) is 0.206. The molecule has 0 aliphatic heterocycles. The molecule has 17 heavy (non-hydrogen) atoms. The minimum Gasteiger partial charge on any atom is -0.219 e. The molecule has 4 heteroatoms. The lowest BCUT2D eigenvalue weighted by molar-refractivity contribution is 0.588. The van der Waals surface area contributed by atoms with E-state index in [-0.39, 0.29) is 10.3 Å². The van der Waals surface area contributed by atoms with Gasteiger partial charge in [-0.25, -0.2) is 8.42 Å². The number of benzene rings is 1. The van der Waals surface area contributed by atoms with Crippen LogP contribution in [0.15, 0.2) is 40.6 Å². The van der Waals surface area contributed by atoms with Crippen LogP contribution in [0.4, 0.5) is 0 Å². The third kappa shape index (κ3) is 3.43. The smallest absolute Gasteiger partial charge is 0.200 e. The van der Waals surface area contributed by atoms with Gasteiger partial charge in [-0.2, -0.15) is 5.26 Å². The Morgan fingerprint density at radius 3 is 2.12 bits per heavy atom. The van der Waals surface area contributed by atoms with Crippen LogP contribution >= 0.6 is 0 Å². The molecular formula is C13H15NO2S. The molecule has 3 nitrogen and oxygen atoms in total. The Balaban J connectivity index is 3.13. The number of sulfone groups is 1. The molecule has 0 fully saturated rings. The second-order valence-electron chi connectivity index (χ2n) is 4.75. The van der Waals surface area contributed by atoms with E-state index in [2.05, 4.69) is 20.8 Å². The highest BCUT2D eigenvalue weighted by molar-refractivity contribution is 7.94. The predicted octanol–water partition coefficient (Wildman–Crippen LogP) is 2.80. The lowest BCUT2D eigenvalue weighted by Crippen LogP contribution is -2.11. The van der Waals surface area contributed by atoms with E-state index >= 15 is 0 Å². The number of nitriles is 1. The van der Waals surface area contributed by atoms with Gasteiger partial charge in [0.2, 0.25) is 9.84 Å². The molecule has 1 rings (SSSR count). The van der Waals surface area contributed by atoms with Gasteiger partial charge in [0.25, 0.3) is 0 Å². The average molecular weight is 249 g/mol. The molecular weight excluding hydrogens is 234 g/mol. The van der Waals surface area contributed by atoms with Crippen LogP contribution in [0.25, 0.3) is 0 Å². The highest BCUT2D eigenvalue weighted by Gasteiger charge is 2.15. The van der Waals surface area contributed by atoms with Crippen LogP contribution in [0.3, 0.4) is 0 Å². The fraction of sp³-hybridized carbons (Fsp3) is 0.308. The zero-order valence-electron chi connectivity index (χ0n) is 10.1. The van der Waals surface area contributed by atoms with Crippen molar-refractivity contribution < 1.29 is 8.42 Å². The second-order valence-corrected chi connectivity index (χ2v) is 6.58. The summed E-state index contributed by atoms with van der Waals surface area (Å²) in [7, 11) is -3.49. The van der Waals surface area contributed by atoms with E-state index in [4.69, 9.17) is 5.26 Å². The van der Waals surface area contributed by atoms with Crippen LogP contribution in [0.2, 0.25) is 0 Å². The molecule has 0 amide bonds. The number of allylic oxidation sites excluding steroid dienone is 1. The summed E-state index contributed by atoms with van der Waals surface area (Å²) in [6, 6.07) is 8.40. The number of nitrogens with zero attached hydrogens (tertiary/aromatic N) is 1. The van der Waals surface area contributed by atoms with E-state index < -0.39 is 9.84 Å². The van der Waals surface area contributed by atoms with E-state index in [1.165, 1.54) is 0 Å². The Kier molecular flexibility index (Phi) is 3.74. The standard InChI is InChI=1S/C13H15NO2S/c1-13(2,3)11-5-7-12(8-6-11)17(15,16)10-4-9-14/h4-8,10H,1-3H3/b10-4-. The summed E-state index contributed by atoms with van der Waals surface area (Å²) in [6.45, 7) is 6.18. The van der Waals surface area contributed by atoms with Crippen LogP contribution in [0, 0.1) is 11.3 Å². The molecule has 0 heterocycles. The molecule has 1 aromatic rings. The molecule has 0 aliphatic rings. The van der Waals surface area contributed by atoms with Crippen molar-refractivity contribution >= 4 is 9.84 Å². The van der Waals surface area contributed by atoms with Gasteiger partial charge in [-0.15, -0.1) is 0 Å². The first-order valence-electron chi connectivity index (χ1n) is 5.19. The van der Waals surface area contributed by atoms with Crippen LogP contribution in [0.5, 0.6) is 0 Å². The summed E-state index contributed by atoms with van der Waals surface area (Å²) in [5.74, 6) is 0. The molecule has 0 N–H and O–H groups in total. The molecule has 0 saturated carbocycles. The molecule has 1 aromatic carbocycles. The van der Waals surface area contributed by atoms with Crippen LogP contribution < -0.4 is 0 Å². The number of hydrogen-bond acceptors (Lipinski definition) is 3. The third-order valence-electron chi connectivity index (χ3n) is 2.37. The van der Waals surface area contributed by atoms with Gasteiger partial charge in [-0.1, -0.05) is 32.9 Å². The summed E-state index contributed by atoms with van der Waals surface area (Å²) in [6.07, 6.45) is 0.965. The normalized spacial score (nSPS) is 12.6. The molecule has 0 aliphatic carbocycles. The summed E-state index contributed by atoms with van der Waals surface area (Å²) >= 11 is 0. The van der Waals surface area contributed by atoms with Crippen LogP contribution in [0.1, 0.15) is 26.3 Å². The van der Waals surface area contributed by atoms with E-state index in [1.54, 1.807) is 30.3 Å². The first-order valence-corrected chi connectivity index (χ1v) is 6.74. The monoisotopic (exact) mass is 249 g/mol. The van der Waals surface area contributed by atoms with Crippen molar-refractivity contribution in [3.63, 3.8) is 0 Å². The molecule has 0 bridgehead atoms. The van der Waals surface area contributed by atoms with Gasteiger partial charge in [0.05, 0.1) is 11.0 Å². The van der Waals surface area contributed by atoms with Gasteiger partial charge in [0, 0.05) is 11.5 Å². The SMILES string of the molecule is CC(C)(C)c1ccc(S(=O)(=O)/C=C\C#N)cc1. The van der Waals surface area contributed by atoms with Crippen molar-refractivity contribution in [3.8, 4) is 6.07 Å². The third-order valence-corrected chi connectivity index (χ3v) is 3.79. The Hall–Kier alpha value is -1.60. The maximum atomic E-state index is 11.7. The Bertz CT molecular complexity index is 555. The molecule has 0 radical (unpaired) electrons. The minimum atomic E-state index is -3.49. The zero-order valence-corrected chi connectivity index (χ0v) is 11.0. The highest BCUT2D eigenvalue weighted by Crippen LogP contribution is 2.23. The Labute approximate surface area is 102 Å². The van der Waals surface area contributed by atoms with Gasteiger partial charge < -0.3 is 0 Å². The molecule has 0 atom stereocenters. The van der Waals surface area contributed by atoms with Crippen molar-refractivity contribution in [3.05, 3.63) is 41.3 Å². The number of hydrogen-bond donors (Lipinski definition) is 0. The van der Waals surface area contributed by atoms with Gasteiger partial charge in [0.15, 0.2) is 0 Å². The van der Waals surface area contributed by atoms with Crippen LogP contribution in [-0.4, -0.2) is 8.42 Å². The second kappa shape index (κ2) is 4.72. The van der Waals surface area contributed by atoms with Crippen LogP contribution in [-0.2, 0) is 15.3 Å². The predicted molar refractivity (Wildman–Crippen MR) is 67.1 cm³/mol.